The zero-order chi connectivity index (χ0) is 21.0. The third-order valence-corrected chi connectivity index (χ3v) is 4.60. The predicted octanol–water partition coefficient (Wildman–Crippen LogP) is 5.22. The second-order valence-electron chi connectivity index (χ2n) is 7.22. The zero-order valence-electron chi connectivity index (χ0n) is 17.4. The molecule has 0 saturated carbocycles. The number of nitrogens with zero attached hydrogens (tertiary/aromatic N) is 2. The van der Waals surface area contributed by atoms with E-state index >= 15 is 0 Å². The summed E-state index contributed by atoms with van der Waals surface area (Å²) in [5, 5.41) is 6.17. The maximum absolute atomic E-state index is 12.7. The Hall–Kier alpha value is -3.41. The molecule has 1 aromatic heterocycles. The fraction of sp³-hybridized carbons (Fsp3) is 0.261. The number of carbonyl (C=O) groups is 1. The number of ether oxygens (including phenoxy) is 1. The van der Waals surface area contributed by atoms with Crippen LogP contribution in [0.15, 0.2) is 48.5 Å². The van der Waals surface area contributed by atoms with Crippen LogP contribution >= 0.6 is 0 Å². The maximum atomic E-state index is 12.7. The van der Waals surface area contributed by atoms with Crippen molar-refractivity contribution in [1.82, 2.24) is 9.97 Å². The summed E-state index contributed by atoms with van der Waals surface area (Å²) in [6.45, 7) is 8.18. The number of hydrogen-bond acceptors (Lipinski definition) is 5. The highest BCUT2D eigenvalue weighted by Crippen LogP contribution is 2.29. The van der Waals surface area contributed by atoms with Gasteiger partial charge in [-0.05, 0) is 61.2 Å². The van der Waals surface area contributed by atoms with Gasteiger partial charge in [0.1, 0.15) is 11.4 Å². The monoisotopic (exact) mass is 390 g/mol. The Bertz CT molecular complexity index is 1010. The first-order valence-corrected chi connectivity index (χ1v) is 9.55. The normalized spacial score (nSPS) is 10.7. The van der Waals surface area contributed by atoms with E-state index in [4.69, 9.17) is 4.74 Å². The van der Waals surface area contributed by atoms with E-state index in [-0.39, 0.29) is 5.91 Å². The van der Waals surface area contributed by atoms with Gasteiger partial charge in [0.15, 0.2) is 0 Å². The van der Waals surface area contributed by atoms with Crippen LogP contribution in [0.3, 0.4) is 0 Å². The molecule has 150 valence electrons. The molecule has 0 saturated heterocycles. The van der Waals surface area contributed by atoms with E-state index in [1.165, 1.54) is 5.56 Å². The maximum Gasteiger partial charge on any atom is 0.274 e. The van der Waals surface area contributed by atoms with Crippen LogP contribution in [0, 0.1) is 13.8 Å². The van der Waals surface area contributed by atoms with Crippen LogP contribution in [0.2, 0.25) is 0 Å². The highest BCUT2D eigenvalue weighted by atomic mass is 16.5. The highest BCUT2D eigenvalue weighted by Gasteiger charge is 2.14. The van der Waals surface area contributed by atoms with E-state index in [0.717, 1.165) is 17.0 Å². The summed E-state index contributed by atoms with van der Waals surface area (Å²) in [4.78, 5) is 21.6. The Kier molecular flexibility index (Phi) is 6.12. The van der Waals surface area contributed by atoms with Gasteiger partial charge in [0.2, 0.25) is 5.95 Å². The van der Waals surface area contributed by atoms with Crippen LogP contribution in [0.5, 0.6) is 5.75 Å². The Morgan fingerprint density at radius 2 is 1.76 bits per heavy atom. The first-order valence-electron chi connectivity index (χ1n) is 9.55. The lowest BCUT2D eigenvalue weighted by Gasteiger charge is -2.17. The van der Waals surface area contributed by atoms with E-state index in [0.29, 0.717) is 28.9 Å². The lowest BCUT2D eigenvalue weighted by Crippen LogP contribution is -2.15. The van der Waals surface area contributed by atoms with Crippen LogP contribution in [0.1, 0.15) is 47.1 Å². The molecule has 0 aliphatic carbocycles. The van der Waals surface area contributed by atoms with Crippen molar-refractivity contribution in [3.05, 3.63) is 71.0 Å². The summed E-state index contributed by atoms with van der Waals surface area (Å²) in [6, 6.07) is 15.0. The lowest BCUT2D eigenvalue weighted by molar-refractivity contribution is 0.102. The number of carbonyl (C=O) groups excluding carboxylic acids is 1. The minimum atomic E-state index is -0.294. The lowest BCUT2D eigenvalue weighted by atomic mass is 9.98. The predicted molar refractivity (Wildman–Crippen MR) is 116 cm³/mol. The zero-order valence-corrected chi connectivity index (χ0v) is 17.4. The van der Waals surface area contributed by atoms with Crippen molar-refractivity contribution in [3.63, 3.8) is 0 Å². The number of anilines is 3. The molecule has 0 aliphatic rings. The van der Waals surface area contributed by atoms with Crippen LogP contribution < -0.4 is 15.4 Å². The van der Waals surface area contributed by atoms with Crippen molar-refractivity contribution >= 4 is 23.2 Å². The molecule has 1 amide bonds. The average molecular weight is 390 g/mol. The second-order valence-corrected chi connectivity index (χ2v) is 7.22. The number of aryl methyl sites for hydroxylation is 2. The van der Waals surface area contributed by atoms with Crippen molar-refractivity contribution in [1.29, 1.82) is 0 Å². The number of nitrogens with one attached hydrogen (secondary N) is 2. The number of aromatic nitrogens is 2. The summed E-state index contributed by atoms with van der Waals surface area (Å²) in [5.41, 5.74) is 4.94. The first-order chi connectivity index (χ1) is 13.9. The van der Waals surface area contributed by atoms with E-state index in [1.54, 1.807) is 37.4 Å². The number of amides is 1. The molecule has 6 nitrogen and oxygen atoms in total. The third kappa shape index (κ3) is 4.90. The van der Waals surface area contributed by atoms with Gasteiger partial charge < -0.3 is 15.4 Å². The first kappa shape index (κ1) is 20.3. The van der Waals surface area contributed by atoms with Gasteiger partial charge in [-0.1, -0.05) is 32.0 Å². The largest absolute Gasteiger partial charge is 0.497 e. The van der Waals surface area contributed by atoms with Crippen LogP contribution in [-0.2, 0) is 0 Å². The van der Waals surface area contributed by atoms with Gasteiger partial charge >= 0.3 is 0 Å². The van der Waals surface area contributed by atoms with E-state index in [1.807, 2.05) is 26.0 Å². The Labute approximate surface area is 171 Å². The van der Waals surface area contributed by atoms with Gasteiger partial charge in [-0.15, -0.1) is 0 Å². The standard InChI is InChI=1S/C23H26N4O2/c1-14(2)19-8-6-7-15(3)21(19)27-23-24-16(4)13-20(26-23)22(28)25-17-9-11-18(29-5)12-10-17/h6-14H,1-5H3,(H,25,28)(H,24,26,27). The highest BCUT2D eigenvalue weighted by molar-refractivity contribution is 6.03. The molecule has 3 rings (SSSR count). The Morgan fingerprint density at radius 1 is 1.03 bits per heavy atom. The summed E-state index contributed by atoms with van der Waals surface area (Å²) < 4.78 is 5.14. The van der Waals surface area contributed by atoms with Gasteiger partial charge in [-0.2, -0.15) is 0 Å². The molecule has 0 aliphatic heterocycles. The summed E-state index contributed by atoms with van der Waals surface area (Å²) in [7, 11) is 1.60. The van der Waals surface area contributed by atoms with Gasteiger partial charge in [0.05, 0.1) is 7.11 Å². The topological polar surface area (TPSA) is 76.1 Å². The van der Waals surface area contributed by atoms with E-state index < -0.39 is 0 Å². The fourth-order valence-corrected chi connectivity index (χ4v) is 3.06. The molecule has 2 N–H and O–H groups in total. The van der Waals surface area contributed by atoms with Crippen molar-refractivity contribution in [3.8, 4) is 5.75 Å². The molecule has 0 spiro atoms. The molecule has 0 atom stereocenters. The summed E-state index contributed by atoms with van der Waals surface area (Å²) in [6.07, 6.45) is 0. The Balaban J connectivity index is 1.86. The Morgan fingerprint density at radius 3 is 2.41 bits per heavy atom. The molecular weight excluding hydrogens is 364 g/mol. The molecule has 6 heteroatoms. The molecule has 0 unspecified atom stereocenters. The number of para-hydroxylation sites is 1. The fourth-order valence-electron chi connectivity index (χ4n) is 3.06. The molecule has 2 aromatic carbocycles. The van der Waals surface area contributed by atoms with Gasteiger partial charge in [-0.3, -0.25) is 4.79 Å². The van der Waals surface area contributed by atoms with Crippen molar-refractivity contribution in [2.45, 2.75) is 33.6 Å². The average Bonchev–Trinajstić information content (AvgIpc) is 2.69. The summed E-state index contributed by atoms with van der Waals surface area (Å²) >= 11 is 0. The number of rotatable bonds is 6. The van der Waals surface area contributed by atoms with Crippen LogP contribution in [0.25, 0.3) is 0 Å². The van der Waals surface area contributed by atoms with Crippen LogP contribution in [-0.4, -0.2) is 23.0 Å². The smallest absolute Gasteiger partial charge is 0.274 e. The van der Waals surface area contributed by atoms with Gasteiger partial charge in [0, 0.05) is 17.1 Å². The number of hydrogen-bond donors (Lipinski definition) is 2. The molecule has 0 fully saturated rings. The van der Waals surface area contributed by atoms with Crippen molar-refractivity contribution in [2.75, 3.05) is 17.7 Å². The van der Waals surface area contributed by atoms with Crippen molar-refractivity contribution < 1.29 is 9.53 Å². The van der Waals surface area contributed by atoms with E-state index in [9.17, 15) is 4.79 Å². The molecule has 1 heterocycles. The molecule has 29 heavy (non-hydrogen) atoms. The quantitative estimate of drug-likeness (QED) is 0.603. The summed E-state index contributed by atoms with van der Waals surface area (Å²) in [5.74, 6) is 1.19. The third-order valence-electron chi connectivity index (χ3n) is 4.60. The minimum Gasteiger partial charge on any atom is -0.497 e. The number of benzene rings is 2. The van der Waals surface area contributed by atoms with E-state index in [2.05, 4.69) is 40.5 Å². The SMILES string of the molecule is COc1ccc(NC(=O)c2cc(C)nc(Nc3c(C)cccc3C(C)C)n2)cc1. The molecule has 0 radical (unpaired) electrons. The van der Waals surface area contributed by atoms with Crippen LogP contribution in [0.4, 0.5) is 17.3 Å². The molecule has 0 bridgehead atoms. The van der Waals surface area contributed by atoms with Gasteiger partial charge in [0.25, 0.3) is 5.91 Å². The van der Waals surface area contributed by atoms with Gasteiger partial charge in [-0.25, -0.2) is 9.97 Å². The molecule has 3 aromatic rings. The molecular formula is C23H26N4O2. The second kappa shape index (κ2) is 8.73. The minimum absolute atomic E-state index is 0.294. The van der Waals surface area contributed by atoms with Crippen molar-refractivity contribution in [2.24, 2.45) is 0 Å². The number of methoxy groups -OCH3 is 1.